The lowest BCUT2D eigenvalue weighted by molar-refractivity contribution is -0.137. The van der Waals surface area contributed by atoms with E-state index in [1.807, 2.05) is 23.1 Å². The van der Waals surface area contributed by atoms with Crippen molar-refractivity contribution in [3.05, 3.63) is 64.6 Å². The topological polar surface area (TPSA) is 57.7 Å². The number of sulfonamides is 1. The van der Waals surface area contributed by atoms with Gasteiger partial charge in [-0.05, 0) is 55.5 Å². The van der Waals surface area contributed by atoms with Crippen molar-refractivity contribution in [1.82, 2.24) is 9.21 Å². The fourth-order valence-corrected chi connectivity index (χ4v) is 6.19. The van der Waals surface area contributed by atoms with E-state index >= 15 is 0 Å². The van der Waals surface area contributed by atoms with Crippen LogP contribution in [0.25, 0.3) is 0 Å². The quantitative estimate of drug-likeness (QED) is 0.663. The second-order valence-electron chi connectivity index (χ2n) is 7.76. The molecule has 5 nitrogen and oxygen atoms in total. The Hall–Kier alpha value is -1.70. The van der Waals surface area contributed by atoms with Gasteiger partial charge >= 0.3 is 0 Å². The van der Waals surface area contributed by atoms with Crippen LogP contribution in [0, 0.1) is 5.92 Å². The summed E-state index contributed by atoms with van der Waals surface area (Å²) >= 11 is 3.34. The summed E-state index contributed by atoms with van der Waals surface area (Å²) in [7, 11) is -3.59. The third kappa shape index (κ3) is 4.27. The summed E-state index contributed by atoms with van der Waals surface area (Å²) < 4.78 is 28.4. The SMILES string of the molecule is O=C(C1CCCN(S(=O)(=O)c2ccc(Br)cc2)C1)N1CCCC1c1ccccc1. The molecule has 1 amide bonds. The smallest absolute Gasteiger partial charge is 0.243 e. The zero-order chi connectivity index (χ0) is 20.4. The first kappa shape index (κ1) is 20.6. The molecule has 2 fully saturated rings. The predicted molar refractivity (Wildman–Crippen MR) is 116 cm³/mol. The number of hydrogen-bond donors (Lipinski definition) is 0. The van der Waals surface area contributed by atoms with Crippen LogP contribution in [0.5, 0.6) is 0 Å². The van der Waals surface area contributed by atoms with Crippen LogP contribution < -0.4 is 0 Å². The normalized spacial score (nSPS) is 23.3. The van der Waals surface area contributed by atoms with Gasteiger partial charge in [-0.25, -0.2) is 8.42 Å². The first-order chi connectivity index (χ1) is 14.0. The summed E-state index contributed by atoms with van der Waals surface area (Å²) in [4.78, 5) is 15.6. The van der Waals surface area contributed by atoms with Gasteiger partial charge in [0.1, 0.15) is 0 Å². The van der Waals surface area contributed by atoms with Gasteiger partial charge in [0.15, 0.2) is 0 Å². The van der Waals surface area contributed by atoms with E-state index in [2.05, 4.69) is 28.1 Å². The number of benzene rings is 2. The monoisotopic (exact) mass is 476 g/mol. The van der Waals surface area contributed by atoms with Gasteiger partial charge in [0, 0.05) is 24.1 Å². The van der Waals surface area contributed by atoms with Crippen molar-refractivity contribution >= 4 is 31.9 Å². The number of likely N-dealkylation sites (tertiary alicyclic amines) is 1. The average molecular weight is 477 g/mol. The number of piperidine rings is 1. The molecule has 2 heterocycles. The molecule has 2 atom stereocenters. The second kappa shape index (κ2) is 8.58. The highest BCUT2D eigenvalue weighted by molar-refractivity contribution is 9.10. The summed E-state index contributed by atoms with van der Waals surface area (Å²) in [5, 5.41) is 0. The molecule has 0 aliphatic carbocycles. The number of rotatable bonds is 4. The van der Waals surface area contributed by atoms with Crippen molar-refractivity contribution in [3.63, 3.8) is 0 Å². The Morgan fingerprint density at radius 3 is 2.34 bits per heavy atom. The molecule has 0 aromatic heterocycles. The fourth-order valence-electron chi connectivity index (χ4n) is 4.40. The number of carbonyl (C=O) groups is 1. The van der Waals surface area contributed by atoms with Gasteiger partial charge in [0.2, 0.25) is 15.9 Å². The van der Waals surface area contributed by atoms with Gasteiger partial charge in [0.25, 0.3) is 0 Å². The van der Waals surface area contributed by atoms with E-state index in [1.165, 1.54) is 4.31 Å². The molecule has 0 radical (unpaired) electrons. The van der Waals surface area contributed by atoms with Crippen LogP contribution in [0.4, 0.5) is 0 Å². The molecular weight excluding hydrogens is 452 g/mol. The molecule has 0 saturated carbocycles. The van der Waals surface area contributed by atoms with Crippen molar-refractivity contribution in [2.75, 3.05) is 19.6 Å². The Kier molecular flexibility index (Phi) is 6.08. The zero-order valence-electron chi connectivity index (χ0n) is 16.2. The van der Waals surface area contributed by atoms with Gasteiger partial charge in [0.05, 0.1) is 16.9 Å². The first-order valence-electron chi connectivity index (χ1n) is 10.1. The maximum atomic E-state index is 13.3. The number of carbonyl (C=O) groups excluding carboxylic acids is 1. The van der Waals surface area contributed by atoms with Crippen LogP contribution >= 0.6 is 15.9 Å². The van der Waals surface area contributed by atoms with E-state index in [0.29, 0.717) is 13.0 Å². The van der Waals surface area contributed by atoms with Gasteiger partial charge in [-0.2, -0.15) is 4.31 Å². The minimum atomic E-state index is -3.59. The van der Waals surface area contributed by atoms with Crippen molar-refractivity contribution < 1.29 is 13.2 Å². The van der Waals surface area contributed by atoms with Crippen molar-refractivity contribution in [3.8, 4) is 0 Å². The molecule has 2 aromatic carbocycles. The van der Waals surface area contributed by atoms with Crippen LogP contribution in [0.3, 0.4) is 0 Å². The number of hydrogen-bond acceptors (Lipinski definition) is 3. The maximum absolute atomic E-state index is 13.3. The van der Waals surface area contributed by atoms with E-state index in [1.54, 1.807) is 24.3 Å². The van der Waals surface area contributed by atoms with Gasteiger partial charge in [-0.3, -0.25) is 4.79 Å². The zero-order valence-corrected chi connectivity index (χ0v) is 18.6. The molecule has 154 valence electrons. The molecule has 29 heavy (non-hydrogen) atoms. The van der Waals surface area contributed by atoms with Crippen molar-refractivity contribution in [2.45, 2.75) is 36.6 Å². The second-order valence-corrected chi connectivity index (χ2v) is 10.6. The minimum absolute atomic E-state index is 0.0899. The predicted octanol–water partition coefficient (Wildman–Crippen LogP) is 4.21. The summed E-state index contributed by atoms with van der Waals surface area (Å²) in [6, 6.07) is 16.9. The van der Waals surface area contributed by atoms with Crippen molar-refractivity contribution in [2.24, 2.45) is 5.92 Å². The number of halogens is 1. The summed E-state index contributed by atoms with van der Waals surface area (Å²) in [6.45, 7) is 1.47. The van der Waals surface area contributed by atoms with Crippen LogP contribution in [-0.2, 0) is 14.8 Å². The van der Waals surface area contributed by atoms with Gasteiger partial charge < -0.3 is 4.90 Å². The van der Waals surface area contributed by atoms with Gasteiger partial charge in [-0.15, -0.1) is 0 Å². The third-order valence-electron chi connectivity index (χ3n) is 5.91. The van der Waals surface area contributed by atoms with E-state index in [9.17, 15) is 13.2 Å². The van der Waals surface area contributed by atoms with Crippen LogP contribution in [-0.4, -0.2) is 43.2 Å². The fraction of sp³-hybridized carbons (Fsp3) is 0.409. The summed E-state index contributed by atoms with van der Waals surface area (Å²) in [5.74, 6) is -0.189. The molecule has 2 aliphatic rings. The highest BCUT2D eigenvalue weighted by atomic mass is 79.9. The first-order valence-corrected chi connectivity index (χ1v) is 12.3. The number of amides is 1. The van der Waals surface area contributed by atoms with E-state index < -0.39 is 10.0 Å². The summed E-state index contributed by atoms with van der Waals surface area (Å²) in [5.41, 5.74) is 1.16. The van der Waals surface area contributed by atoms with E-state index in [4.69, 9.17) is 0 Å². The van der Waals surface area contributed by atoms with E-state index in [0.717, 1.165) is 35.8 Å². The molecule has 4 rings (SSSR count). The third-order valence-corrected chi connectivity index (χ3v) is 8.31. The molecule has 2 aromatic rings. The van der Waals surface area contributed by atoms with Crippen LogP contribution in [0.15, 0.2) is 64.0 Å². The molecule has 0 bridgehead atoms. The maximum Gasteiger partial charge on any atom is 0.243 e. The molecule has 2 unspecified atom stereocenters. The highest BCUT2D eigenvalue weighted by Crippen LogP contribution is 2.35. The molecule has 0 spiro atoms. The lowest BCUT2D eigenvalue weighted by atomic mass is 9.96. The Morgan fingerprint density at radius 2 is 1.62 bits per heavy atom. The largest absolute Gasteiger partial charge is 0.335 e. The average Bonchev–Trinajstić information content (AvgIpc) is 3.24. The molecule has 2 aliphatic heterocycles. The van der Waals surface area contributed by atoms with E-state index in [-0.39, 0.29) is 29.3 Å². The Labute approximate surface area is 180 Å². The molecular formula is C22H25BrN2O3S. The highest BCUT2D eigenvalue weighted by Gasteiger charge is 2.38. The standard InChI is InChI=1S/C22H25BrN2O3S/c23-19-10-12-20(13-11-19)29(27,28)24-14-4-8-18(16-24)22(26)25-15-5-9-21(25)17-6-2-1-3-7-17/h1-3,6-7,10-13,18,21H,4-5,8-9,14-16H2. The Morgan fingerprint density at radius 1 is 0.931 bits per heavy atom. The Bertz CT molecular complexity index is 963. The van der Waals surface area contributed by atoms with Crippen LogP contribution in [0.1, 0.15) is 37.3 Å². The van der Waals surface area contributed by atoms with Crippen molar-refractivity contribution in [1.29, 1.82) is 0 Å². The molecule has 7 heteroatoms. The minimum Gasteiger partial charge on any atom is -0.335 e. The lowest BCUT2D eigenvalue weighted by Crippen LogP contribution is -2.46. The summed E-state index contributed by atoms with van der Waals surface area (Å²) in [6.07, 6.45) is 3.39. The molecule has 0 N–H and O–H groups in total. The van der Waals surface area contributed by atoms with Crippen LogP contribution in [0.2, 0.25) is 0 Å². The lowest BCUT2D eigenvalue weighted by Gasteiger charge is -2.35. The Balaban J connectivity index is 1.50. The van der Waals surface area contributed by atoms with Gasteiger partial charge in [-0.1, -0.05) is 46.3 Å². The molecule has 2 saturated heterocycles. The number of nitrogens with zero attached hydrogens (tertiary/aromatic N) is 2.